The van der Waals surface area contributed by atoms with Crippen LogP contribution in [0.5, 0.6) is 0 Å². The molecule has 0 spiro atoms. The number of rotatable bonds is 6. The predicted octanol–water partition coefficient (Wildman–Crippen LogP) is 2.99. The molecule has 0 saturated carbocycles. The average Bonchev–Trinajstić information content (AvgIpc) is 2.58. The van der Waals surface area contributed by atoms with Gasteiger partial charge in [0.2, 0.25) is 5.91 Å². The molecular weight excluding hydrogens is 332 g/mol. The van der Waals surface area contributed by atoms with E-state index in [1.165, 1.54) is 6.92 Å². The average molecular weight is 354 g/mol. The molecule has 0 aromatic heterocycles. The van der Waals surface area contributed by atoms with Gasteiger partial charge in [0.1, 0.15) is 0 Å². The molecule has 0 atom stereocenters. The van der Waals surface area contributed by atoms with Crippen LogP contribution in [0.1, 0.15) is 23.6 Å². The Hall–Kier alpha value is -3.15. The van der Waals surface area contributed by atoms with Gasteiger partial charge in [0.15, 0.2) is 6.61 Å². The summed E-state index contributed by atoms with van der Waals surface area (Å²) in [4.78, 5) is 34.8. The Morgan fingerprint density at radius 1 is 0.962 bits per heavy atom. The number of nitrogens with one attached hydrogen (secondary N) is 2. The van der Waals surface area contributed by atoms with Gasteiger partial charge in [-0.1, -0.05) is 24.3 Å². The van der Waals surface area contributed by atoms with Crippen LogP contribution >= 0.6 is 0 Å². The lowest BCUT2D eigenvalue weighted by Crippen LogP contribution is -2.22. The van der Waals surface area contributed by atoms with Crippen molar-refractivity contribution in [2.75, 3.05) is 17.2 Å². The van der Waals surface area contributed by atoms with E-state index >= 15 is 0 Å². The Bertz CT molecular complexity index is 813. The van der Waals surface area contributed by atoms with Crippen LogP contribution in [-0.2, 0) is 25.5 Å². The van der Waals surface area contributed by atoms with E-state index in [1.807, 2.05) is 26.0 Å². The molecule has 0 aliphatic carbocycles. The van der Waals surface area contributed by atoms with Crippen molar-refractivity contribution >= 4 is 29.2 Å². The molecule has 0 bridgehead atoms. The van der Waals surface area contributed by atoms with Crippen LogP contribution < -0.4 is 10.6 Å². The van der Waals surface area contributed by atoms with Gasteiger partial charge in [0.05, 0.1) is 6.42 Å². The van der Waals surface area contributed by atoms with Crippen molar-refractivity contribution in [1.82, 2.24) is 0 Å². The molecule has 0 radical (unpaired) electrons. The summed E-state index contributed by atoms with van der Waals surface area (Å²) in [7, 11) is 0. The van der Waals surface area contributed by atoms with E-state index in [0.717, 1.165) is 16.7 Å². The van der Waals surface area contributed by atoms with Gasteiger partial charge in [-0.05, 0) is 48.7 Å². The van der Waals surface area contributed by atoms with Crippen LogP contribution in [0.15, 0.2) is 42.5 Å². The molecule has 0 heterocycles. The third-order valence-corrected chi connectivity index (χ3v) is 3.87. The maximum Gasteiger partial charge on any atom is 0.310 e. The monoisotopic (exact) mass is 354 g/mol. The van der Waals surface area contributed by atoms with Crippen LogP contribution in [-0.4, -0.2) is 24.4 Å². The zero-order chi connectivity index (χ0) is 19.1. The van der Waals surface area contributed by atoms with Crippen molar-refractivity contribution in [2.45, 2.75) is 27.2 Å². The first kappa shape index (κ1) is 19.2. The minimum Gasteiger partial charge on any atom is -0.455 e. The van der Waals surface area contributed by atoms with Crippen LogP contribution in [0.4, 0.5) is 11.4 Å². The number of esters is 1. The second-order valence-electron chi connectivity index (χ2n) is 6.01. The molecule has 136 valence electrons. The van der Waals surface area contributed by atoms with Crippen LogP contribution in [0.2, 0.25) is 0 Å². The topological polar surface area (TPSA) is 84.5 Å². The summed E-state index contributed by atoms with van der Waals surface area (Å²) in [6.07, 6.45) is 0.0527. The summed E-state index contributed by atoms with van der Waals surface area (Å²) >= 11 is 0. The van der Waals surface area contributed by atoms with Crippen molar-refractivity contribution in [1.29, 1.82) is 0 Å². The number of aryl methyl sites for hydroxylation is 1. The first-order chi connectivity index (χ1) is 12.3. The molecule has 0 unspecified atom stereocenters. The fourth-order valence-electron chi connectivity index (χ4n) is 2.35. The summed E-state index contributed by atoms with van der Waals surface area (Å²) in [6.45, 7) is 4.97. The Kier molecular flexibility index (Phi) is 6.49. The number of ether oxygens (including phenoxy) is 1. The summed E-state index contributed by atoms with van der Waals surface area (Å²) in [5, 5.41) is 5.39. The van der Waals surface area contributed by atoms with E-state index in [0.29, 0.717) is 11.4 Å². The zero-order valence-corrected chi connectivity index (χ0v) is 15.1. The van der Waals surface area contributed by atoms with Crippen LogP contribution in [0.25, 0.3) is 0 Å². The molecule has 0 saturated heterocycles. The summed E-state index contributed by atoms with van der Waals surface area (Å²) < 4.78 is 5.02. The highest BCUT2D eigenvalue weighted by Gasteiger charge is 2.10. The van der Waals surface area contributed by atoms with Gasteiger partial charge in [-0.3, -0.25) is 14.4 Å². The molecule has 0 aliphatic rings. The van der Waals surface area contributed by atoms with Gasteiger partial charge in [-0.25, -0.2) is 0 Å². The summed E-state index contributed by atoms with van der Waals surface area (Å²) in [5.74, 6) is -1.03. The Labute approximate surface area is 152 Å². The van der Waals surface area contributed by atoms with Gasteiger partial charge in [-0.15, -0.1) is 0 Å². The summed E-state index contributed by atoms with van der Waals surface area (Å²) in [6, 6.07) is 12.5. The minimum absolute atomic E-state index is 0.0527. The van der Waals surface area contributed by atoms with Gasteiger partial charge in [-0.2, -0.15) is 0 Å². The lowest BCUT2D eigenvalue weighted by atomic mass is 10.1. The van der Waals surface area contributed by atoms with E-state index in [2.05, 4.69) is 10.6 Å². The number of benzene rings is 2. The van der Waals surface area contributed by atoms with Crippen molar-refractivity contribution in [2.24, 2.45) is 0 Å². The lowest BCUT2D eigenvalue weighted by molar-refractivity contribution is -0.146. The van der Waals surface area contributed by atoms with E-state index in [1.54, 1.807) is 30.3 Å². The maximum atomic E-state index is 12.0. The number of hydrogen-bond donors (Lipinski definition) is 2. The lowest BCUT2D eigenvalue weighted by Gasteiger charge is -2.10. The van der Waals surface area contributed by atoms with E-state index < -0.39 is 5.97 Å². The largest absolute Gasteiger partial charge is 0.455 e. The number of carbonyl (C=O) groups excluding carboxylic acids is 3. The molecule has 26 heavy (non-hydrogen) atoms. The van der Waals surface area contributed by atoms with Crippen molar-refractivity contribution < 1.29 is 19.1 Å². The Morgan fingerprint density at radius 3 is 2.31 bits per heavy atom. The molecule has 2 aromatic carbocycles. The molecule has 2 rings (SSSR count). The second-order valence-corrected chi connectivity index (χ2v) is 6.01. The molecule has 2 N–H and O–H groups in total. The first-order valence-corrected chi connectivity index (χ1v) is 8.23. The number of amides is 2. The Balaban J connectivity index is 1.81. The highest BCUT2D eigenvalue weighted by Crippen LogP contribution is 2.17. The third kappa shape index (κ3) is 5.73. The van der Waals surface area contributed by atoms with Crippen molar-refractivity contribution in [3.8, 4) is 0 Å². The number of hydrogen-bond acceptors (Lipinski definition) is 4. The van der Waals surface area contributed by atoms with Crippen LogP contribution in [0, 0.1) is 13.8 Å². The van der Waals surface area contributed by atoms with Crippen molar-refractivity contribution in [3.05, 3.63) is 59.2 Å². The normalized spacial score (nSPS) is 10.1. The predicted molar refractivity (Wildman–Crippen MR) is 100.0 cm³/mol. The summed E-state index contributed by atoms with van der Waals surface area (Å²) in [5.41, 5.74) is 4.15. The highest BCUT2D eigenvalue weighted by molar-refractivity contribution is 5.93. The maximum absolute atomic E-state index is 12.0. The molecular formula is C20H22N2O4. The quantitative estimate of drug-likeness (QED) is 0.781. The molecule has 6 heteroatoms. The first-order valence-electron chi connectivity index (χ1n) is 8.23. The van der Waals surface area contributed by atoms with Crippen LogP contribution in [0.3, 0.4) is 0 Å². The van der Waals surface area contributed by atoms with Gasteiger partial charge < -0.3 is 15.4 Å². The minimum atomic E-state index is -0.492. The number of anilines is 2. The van der Waals surface area contributed by atoms with Gasteiger partial charge in [0, 0.05) is 18.3 Å². The second kappa shape index (κ2) is 8.80. The van der Waals surface area contributed by atoms with Gasteiger partial charge in [0.25, 0.3) is 5.91 Å². The van der Waals surface area contributed by atoms with Gasteiger partial charge >= 0.3 is 5.97 Å². The van der Waals surface area contributed by atoms with E-state index in [-0.39, 0.29) is 24.8 Å². The SMILES string of the molecule is CC(=O)Nc1ccc(CC(=O)OCC(=O)Nc2cccc(C)c2C)cc1. The number of carbonyl (C=O) groups is 3. The Morgan fingerprint density at radius 2 is 1.65 bits per heavy atom. The fraction of sp³-hybridized carbons (Fsp3) is 0.250. The molecule has 0 fully saturated rings. The third-order valence-electron chi connectivity index (χ3n) is 3.87. The molecule has 0 aliphatic heterocycles. The zero-order valence-electron chi connectivity index (χ0n) is 15.1. The molecule has 2 amide bonds. The fourth-order valence-corrected chi connectivity index (χ4v) is 2.35. The molecule has 2 aromatic rings. The van der Waals surface area contributed by atoms with E-state index in [4.69, 9.17) is 4.74 Å². The van der Waals surface area contributed by atoms with Crippen molar-refractivity contribution in [3.63, 3.8) is 0 Å². The standard InChI is InChI=1S/C20H22N2O4/c1-13-5-4-6-18(14(13)2)22-19(24)12-26-20(25)11-16-7-9-17(10-8-16)21-15(3)23/h4-10H,11-12H2,1-3H3,(H,21,23)(H,22,24). The highest BCUT2D eigenvalue weighted by atomic mass is 16.5. The molecule has 6 nitrogen and oxygen atoms in total. The van der Waals surface area contributed by atoms with E-state index in [9.17, 15) is 14.4 Å². The smallest absolute Gasteiger partial charge is 0.310 e.